The fourth-order valence-corrected chi connectivity index (χ4v) is 2.70. The molecule has 2 heterocycles. The van der Waals surface area contributed by atoms with Crippen LogP contribution < -0.4 is 5.73 Å². The first kappa shape index (κ1) is 12.7. The van der Waals surface area contributed by atoms with Crippen LogP contribution in [0.25, 0.3) is 0 Å². The fourth-order valence-electron chi connectivity index (χ4n) is 2.53. The summed E-state index contributed by atoms with van der Waals surface area (Å²) in [6.07, 6.45) is 5.10. The van der Waals surface area contributed by atoms with Crippen molar-refractivity contribution < 1.29 is 0 Å². The van der Waals surface area contributed by atoms with Crippen molar-refractivity contribution in [2.75, 3.05) is 12.3 Å². The van der Waals surface area contributed by atoms with Crippen molar-refractivity contribution in [3.05, 3.63) is 22.8 Å². The number of rotatable bonds is 3. The van der Waals surface area contributed by atoms with E-state index < -0.39 is 0 Å². The van der Waals surface area contributed by atoms with Gasteiger partial charge in [-0.1, -0.05) is 24.9 Å². The van der Waals surface area contributed by atoms with Gasteiger partial charge in [-0.15, -0.1) is 0 Å². The molecule has 2 rings (SSSR count). The van der Waals surface area contributed by atoms with Crippen LogP contribution in [0, 0.1) is 0 Å². The maximum Gasteiger partial charge on any atom is 0.123 e. The molecule has 2 N–H and O–H groups in total. The Morgan fingerprint density at radius 3 is 3.06 bits per heavy atom. The molecule has 1 saturated heterocycles. The average Bonchev–Trinajstić information content (AvgIpc) is 2.34. The molecule has 17 heavy (non-hydrogen) atoms. The van der Waals surface area contributed by atoms with Crippen LogP contribution >= 0.6 is 11.6 Å². The van der Waals surface area contributed by atoms with Gasteiger partial charge in [0.1, 0.15) is 5.82 Å². The highest BCUT2D eigenvalue weighted by atomic mass is 35.5. The first-order chi connectivity index (χ1) is 8.20. The van der Waals surface area contributed by atoms with Gasteiger partial charge in [0, 0.05) is 12.6 Å². The maximum atomic E-state index is 6.16. The Kier molecular flexibility index (Phi) is 4.24. The second kappa shape index (κ2) is 5.69. The molecule has 1 aromatic rings. The molecule has 0 aromatic carbocycles. The minimum absolute atomic E-state index is 0.550. The second-order valence-electron chi connectivity index (χ2n) is 4.69. The highest BCUT2D eigenvalue weighted by molar-refractivity contribution is 6.31. The van der Waals surface area contributed by atoms with Crippen LogP contribution in [0.1, 0.15) is 38.3 Å². The summed E-state index contributed by atoms with van der Waals surface area (Å²) in [5, 5.41) is 0.722. The van der Waals surface area contributed by atoms with Gasteiger partial charge in [0.15, 0.2) is 0 Å². The summed E-state index contributed by atoms with van der Waals surface area (Å²) < 4.78 is 0. The van der Waals surface area contributed by atoms with Crippen molar-refractivity contribution in [2.24, 2.45) is 0 Å². The second-order valence-corrected chi connectivity index (χ2v) is 5.10. The number of hydrogen-bond acceptors (Lipinski definition) is 3. The Morgan fingerprint density at radius 2 is 2.29 bits per heavy atom. The van der Waals surface area contributed by atoms with Crippen LogP contribution in [0.3, 0.4) is 0 Å². The summed E-state index contributed by atoms with van der Waals surface area (Å²) in [7, 11) is 0. The van der Waals surface area contributed by atoms with Crippen LogP contribution in [-0.4, -0.2) is 22.5 Å². The Morgan fingerprint density at radius 1 is 1.47 bits per heavy atom. The molecule has 4 heteroatoms. The van der Waals surface area contributed by atoms with Gasteiger partial charge in [0.25, 0.3) is 0 Å². The van der Waals surface area contributed by atoms with Crippen molar-refractivity contribution in [3.8, 4) is 0 Å². The molecule has 3 nitrogen and oxygen atoms in total. The summed E-state index contributed by atoms with van der Waals surface area (Å²) in [6.45, 7) is 4.21. The largest absolute Gasteiger partial charge is 0.384 e. The van der Waals surface area contributed by atoms with Gasteiger partial charge < -0.3 is 5.73 Å². The number of likely N-dealkylation sites (tertiary alicyclic amines) is 1. The molecule has 0 spiro atoms. The summed E-state index contributed by atoms with van der Waals surface area (Å²) in [4.78, 5) is 6.82. The topological polar surface area (TPSA) is 42.2 Å². The van der Waals surface area contributed by atoms with Crippen LogP contribution in [0.15, 0.2) is 12.1 Å². The molecular weight excluding hydrogens is 234 g/mol. The van der Waals surface area contributed by atoms with Gasteiger partial charge in [0.05, 0.1) is 10.7 Å². The van der Waals surface area contributed by atoms with E-state index in [9.17, 15) is 0 Å². The molecule has 0 amide bonds. The van der Waals surface area contributed by atoms with E-state index in [1.165, 1.54) is 25.7 Å². The molecule has 94 valence electrons. The van der Waals surface area contributed by atoms with Crippen molar-refractivity contribution >= 4 is 17.4 Å². The lowest BCUT2D eigenvalue weighted by Gasteiger charge is -2.35. The number of pyridine rings is 1. The number of nitrogens with two attached hydrogens (primary N) is 1. The highest BCUT2D eigenvalue weighted by Gasteiger charge is 2.21. The van der Waals surface area contributed by atoms with Gasteiger partial charge in [-0.2, -0.15) is 0 Å². The summed E-state index contributed by atoms with van der Waals surface area (Å²) in [6, 6.07) is 4.26. The van der Waals surface area contributed by atoms with Crippen LogP contribution in [-0.2, 0) is 6.54 Å². The molecule has 1 fully saturated rings. The number of piperidine rings is 1. The van der Waals surface area contributed by atoms with Gasteiger partial charge >= 0.3 is 0 Å². The quantitative estimate of drug-likeness (QED) is 0.900. The monoisotopic (exact) mass is 253 g/mol. The number of anilines is 1. The van der Waals surface area contributed by atoms with E-state index in [1.54, 1.807) is 6.07 Å². The van der Waals surface area contributed by atoms with Crippen LogP contribution in [0.5, 0.6) is 0 Å². The van der Waals surface area contributed by atoms with E-state index in [0.29, 0.717) is 11.9 Å². The number of hydrogen-bond donors (Lipinski definition) is 1. The molecular formula is C13H20ClN3. The zero-order valence-electron chi connectivity index (χ0n) is 10.3. The molecule has 0 saturated carbocycles. The van der Waals surface area contributed by atoms with Crippen LogP contribution in [0.2, 0.25) is 5.02 Å². The lowest BCUT2D eigenvalue weighted by Crippen LogP contribution is -2.38. The lowest BCUT2D eigenvalue weighted by molar-refractivity contribution is 0.134. The predicted octanol–water partition coefficient (Wildman–Crippen LogP) is 3.08. The maximum absolute atomic E-state index is 6.16. The van der Waals surface area contributed by atoms with Gasteiger partial charge in [0.2, 0.25) is 0 Å². The first-order valence-electron chi connectivity index (χ1n) is 6.35. The van der Waals surface area contributed by atoms with E-state index in [0.717, 1.165) is 23.8 Å². The van der Waals surface area contributed by atoms with E-state index in [2.05, 4.69) is 16.8 Å². The number of halogens is 1. The Balaban J connectivity index is 2.10. The molecule has 0 radical (unpaired) electrons. The van der Waals surface area contributed by atoms with E-state index in [-0.39, 0.29) is 0 Å². The highest BCUT2D eigenvalue weighted by Crippen LogP contribution is 2.24. The Hall–Kier alpha value is -0.800. The normalized spacial score (nSPS) is 21.6. The SMILES string of the molecule is CCC1CCCCN1Cc1nc(N)ccc1Cl. The summed E-state index contributed by atoms with van der Waals surface area (Å²) >= 11 is 6.16. The molecule has 1 unspecified atom stereocenters. The fraction of sp³-hybridized carbons (Fsp3) is 0.615. The minimum atomic E-state index is 0.550. The van der Waals surface area contributed by atoms with Crippen molar-refractivity contribution in [3.63, 3.8) is 0 Å². The molecule has 1 aliphatic heterocycles. The number of aromatic nitrogens is 1. The smallest absolute Gasteiger partial charge is 0.123 e. The zero-order chi connectivity index (χ0) is 12.3. The third-order valence-corrected chi connectivity index (χ3v) is 3.86. The Labute approximate surface area is 108 Å². The van der Waals surface area contributed by atoms with Gasteiger partial charge in [-0.3, -0.25) is 4.90 Å². The van der Waals surface area contributed by atoms with Crippen LogP contribution in [0.4, 0.5) is 5.82 Å². The molecule has 1 aliphatic rings. The van der Waals surface area contributed by atoms with E-state index >= 15 is 0 Å². The predicted molar refractivity (Wildman–Crippen MR) is 72.0 cm³/mol. The minimum Gasteiger partial charge on any atom is -0.384 e. The molecule has 1 atom stereocenters. The van der Waals surface area contributed by atoms with E-state index in [4.69, 9.17) is 17.3 Å². The summed E-state index contributed by atoms with van der Waals surface area (Å²) in [5.41, 5.74) is 6.62. The lowest BCUT2D eigenvalue weighted by atomic mass is 10.00. The first-order valence-corrected chi connectivity index (χ1v) is 6.73. The van der Waals surface area contributed by atoms with Crippen molar-refractivity contribution in [2.45, 2.75) is 45.2 Å². The molecule has 0 bridgehead atoms. The third-order valence-electron chi connectivity index (χ3n) is 3.51. The molecule has 0 aliphatic carbocycles. The standard InChI is InChI=1S/C13H20ClN3/c1-2-10-5-3-4-8-17(10)9-12-11(14)6-7-13(15)16-12/h6-7,10H,2-5,8-9H2,1H3,(H2,15,16). The third kappa shape index (κ3) is 3.11. The van der Waals surface area contributed by atoms with Crippen molar-refractivity contribution in [1.29, 1.82) is 0 Å². The van der Waals surface area contributed by atoms with Gasteiger partial charge in [-0.05, 0) is 37.9 Å². The average molecular weight is 254 g/mol. The van der Waals surface area contributed by atoms with Crippen molar-refractivity contribution in [1.82, 2.24) is 9.88 Å². The van der Waals surface area contributed by atoms with Gasteiger partial charge in [-0.25, -0.2) is 4.98 Å². The molecule has 1 aromatic heterocycles. The zero-order valence-corrected chi connectivity index (χ0v) is 11.1. The number of nitrogen functional groups attached to an aromatic ring is 1. The number of nitrogens with zero attached hydrogens (tertiary/aromatic N) is 2. The summed E-state index contributed by atoms with van der Waals surface area (Å²) in [5.74, 6) is 0.550. The Bertz CT molecular complexity index is 381. The van der Waals surface area contributed by atoms with E-state index in [1.807, 2.05) is 6.07 Å².